The van der Waals surface area contributed by atoms with E-state index in [-0.39, 0.29) is 12.4 Å². The minimum absolute atomic E-state index is 0. The molecular weight excluding hydrogens is 440 g/mol. The second-order valence-electron chi connectivity index (χ2n) is 13.6. The average molecular weight is 497 g/mol. The van der Waals surface area contributed by atoms with Crippen molar-refractivity contribution in [3.05, 3.63) is 0 Å². The predicted molar refractivity (Wildman–Crippen MR) is 148 cm³/mol. The van der Waals surface area contributed by atoms with Crippen LogP contribution in [0.1, 0.15) is 91.9 Å². The third-order valence-corrected chi connectivity index (χ3v) is 11.5. The minimum atomic E-state index is 0. The summed E-state index contributed by atoms with van der Waals surface area (Å²) in [6, 6.07) is 0.674. The van der Waals surface area contributed by atoms with Crippen molar-refractivity contribution < 1.29 is 0 Å². The fourth-order valence-corrected chi connectivity index (χ4v) is 9.39. The molecule has 5 N–H and O–H groups in total. The van der Waals surface area contributed by atoms with Crippen molar-refractivity contribution in [1.82, 2.24) is 10.2 Å². The quantitative estimate of drug-likeness (QED) is 0.305. The van der Waals surface area contributed by atoms with Gasteiger partial charge in [0.15, 0.2) is 0 Å². The fourth-order valence-electron chi connectivity index (χ4n) is 9.39. The van der Waals surface area contributed by atoms with Gasteiger partial charge in [-0.15, -0.1) is 12.4 Å². The Morgan fingerprint density at radius 2 is 1.24 bits per heavy atom. The van der Waals surface area contributed by atoms with Gasteiger partial charge in [0, 0.05) is 45.3 Å². The van der Waals surface area contributed by atoms with Gasteiger partial charge in [-0.25, -0.2) is 0 Å². The molecule has 0 spiro atoms. The van der Waals surface area contributed by atoms with Crippen LogP contribution >= 0.6 is 12.4 Å². The molecule has 6 atom stereocenters. The molecule has 0 amide bonds. The predicted octanol–water partition coefficient (Wildman–Crippen LogP) is 5.29. The summed E-state index contributed by atoms with van der Waals surface area (Å²) in [5, 5.41) is 4.03. The Kier molecular flexibility index (Phi) is 10.2. The van der Waals surface area contributed by atoms with Crippen LogP contribution in [0.15, 0.2) is 0 Å². The molecule has 4 saturated carbocycles. The van der Waals surface area contributed by atoms with E-state index in [1.54, 1.807) is 0 Å². The summed E-state index contributed by atoms with van der Waals surface area (Å²) in [4.78, 5) is 2.43. The van der Waals surface area contributed by atoms with Crippen molar-refractivity contribution in [2.24, 2.45) is 57.8 Å². The second kappa shape index (κ2) is 12.1. The van der Waals surface area contributed by atoms with E-state index in [4.69, 9.17) is 11.5 Å². The summed E-state index contributed by atoms with van der Waals surface area (Å²) in [5.74, 6) is 5.92. The van der Waals surface area contributed by atoms with E-state index in [9.17, 15) is 0 Å². The summed E-state index contributed by atoms with van der Waals surface area (Å²) in [6.07, 6.45) is 14.6. The summed E-state index contributed by atoms with van der Waals surface area (Å²) in [6.45, 7) is 15.8. The Hall–Kier alpha value is 0.130. The van der Waals surface area contributed by atoms with Crippen molar-refractivity contribution >= 4 is 12.4 Å². The zero-order chi connectivity index (χ0) is 23.6. The highest BCUT2D eigenvalue weighted by Crippen LogP contribution is 2.62. The number of nitrogens with zero attached hydrogens (tertiary/aromatic N) is 1. The zero-order valence-corrected chi connectivity index (χ0v) is 23.7. The van der Waals surface area contributed by atoms with Crippen molar-refractivity contribution in [3.63, 3.8) is 0 Å². The van der Waals surface area contributed by atoms with Gasteiger partial charge in [-0.3, -0.25) is 4.90 Å². The molecule has 0 aromatic heterocycles. The maximum absolute atomic E-state index is 5.83. The van der Waals surface area contributed by atoms with Crippen molar-refractivity contribution in [2.75, 3.05) is 39.3 Å². The van der Waals surface area contributed by atoms with Crippen LogP contribution in [0.2, 0.25) is 0 Å². The molecule has 5 heteroatoms. The normalized spacial score (nSPS) is 35.7. The van der Waals surface area contributed by atoms with Gasteiger partial charge in [0.25, 0.3) is 0 Å². The maximum atomic E-state index is 5.83. The molecule has 4 rings (SSSR count). The molecule has 200 valence electrons. The lowest BCUT2D eigenvalue weighted by Crippen LogP contribution is -2.42. The van der Waals surface area contributed by atoms with Gasteiger partial charge in [0.2, 0.25) is 0 Å². The van der Waals surface area contributed by atoms with Gasteiger partial charge < -0.3 is 16.8 Å². The lowest BCUT2D eigenvalue weighted by Gasteiger charge is -2.40. The largest absolute Gasteiger partial charge is 0.329 e. The summed E-state index contributed by atoms with van der Waals surface area (Å²) >= 11 is 0. The van der Waals surface area contributed by atoms with Crippen LogP contribution in [-0.2, 0) is 0 Å². The third kappa shape index (κ3) is 5.98. The van der Waals surface area contributed by atoms with Gasteiger partial charge in [0.05, 0.1) is 0 Å². The molecule has 0 saturated heterocycles. The molecule has 0 aromatic rings. The molecule has 6 unspecified atom stereocenters. The molecule has 0 radical (unpaired) electrons. The Bertz CT molecular complexity index is 575. The van der Waals surface area contributed by atoms with Crippen molar-refractivity contribution in [3.8, 4) is 0 Å². The minimum Gasteiger partial charge on any atom is -0.329 e. The molecule has 4 fully saturated rings. The van der Waals surface area contributed by atoms with E-state index >= 15 is 0 Å². The SMILES string of the molecule is CC1(C)C2CCC(C2)C1CCC(CCC1C2CCC(C2)C1(C)C)NCCN(CCN)CCN.Cl. The molecule has 0 aromatic carbocycles. The number of halogens is 1. The fraction of sp³-hybridized carbons (Fsp3) is 1.00. The van der Waals surface area contributed by atoms with E-state index in [1.165, 1.54) is 64.2 Å². The summed E-state index contributed by atoms with van der Waals surface area (Å²) in [5.41, 5.74) is 12.8. The molecule has 4 nitrogen and oxygen atoms in total. The number of fused-ring (bicyclic) bond motifs is 4. The van der Waals surface area contributed by atoms with Gasteiger partial charge in [-0.2, -0.15) is 0 Å². The second-order valence-corrected chi connectivity index (χ2v) is 13.6. The lowest BCUT2D eigenvalue weighted by atomic mass is 9.66. The highest BCUT2D eigenvalue weighted by molar-refractivity contribution is 5.85. The monoisotopic (exact) mass is 496 g/mol. The first kappa shape index (κ1) is 28.7. The average Bonchev–Trinajstić information content (AvgIpc) is 3.51. The molecule has 4 aliphatic carbocycles. The number of nitrogens with two attached hydrogens (primary N) is 2. The van der Waals surface area contributed by atoms with Crippen molar-refractivity contribution in [2.45, 2.75) is 97.9 Å². The van der Waals surface area contributed by atoms with Crippen LogP contribution in [0.3, 0.4) is 0 Å². The number of rotatable bonds is 14. The standard InChI is InChI=1S/C29H56N4.ClH/c1-28(2)23-7-5-21(19-23)26(28)11-9-25(32-15-18-33(16-13-30)17-14-31)10-12-27-22-6-8-24(20-22)29(27,3)4;/h21-27,32H,5-20,30-31H2,1-4H3;1H. The first-order valence-corrected chi connectivity index (χ1v) is 14.6. The van der Waals surface area contributed by atoms with Gasteiger partial charge in [0.1, 0.15) is 0 Å². The van der Waals surface area contributed by atoms with Crippen molar-refractivity contribution in [1.29, 1.82) is 0 Å². The first-order valence-electron chi connectivity index (χ1n) is 14.6. The van der Waals surface area contributed by atoms with Crippen LogP contribution in [0.5, 0.6) is 0 Å². The summed E-state index contributed by atoms with van der Waals surface area (Å²) < 4.78 is 0. The third-order valence-electron chi connectivity index (χ3n) is 11.5. The molecule has 4 bridgehead atoms. The smallest absolute Gasteiger partial charge is 0.0108 e. The van der Waals surface area contributed by atoms with Crippen LogP contribution in [0.25, 0.3) is 0 Å². The molecule has 34 heavy (non-hydrogen) atoms. The molecular formula is C29H57ClN4. The van der Waals surface area contributed by atoms with Crippen LogP contribution in [0.4, 0.5) is 0 Å². The number of hydrogen-bond donors (Lipinski definition) is 3. The van der Waals surface area contributed by atoms with Crippen LogP contribution < -0.4 is 16.8 Å². The maximum Gasteiger partial charge on any atom is 0.0108 e. The van der Waals surface area contributed by atoms with E-state index in [1.807, 2.05) is 0 Å². The lowest BCUT2D eigenvalue weighted by molar-refractivity contribution is 0.0993. The van der Waals surface area contributed by atoms with E-state index in [0.717, 1.165) is 74.8 Å². The Morgan fingerprint density at radius 1 is 0.765 bits per heavy atom. The molecule has 0 aliphatic heterocycles. The van der Waals surface area contributed by atoms with E-state index < -0.39 is 0 Å². The van der Waals surface area contributed by atoms with E-state index in [0.29, 0.717) is 16.9 Å². The van der Waals surface area contributed by atoms with Gasteiger partial charge in [-0.05, 0) is 111 Å². The zero-order valence-electron chi connectivity index (χ0n) is 22.9. The Labute approximate surface area is 217 Å². The topological polar surface area (TPSA) is 67.3 Å². The first-order chi connectivity index (χ1) is 15.8. The summed E-state index contributed by atoms with van der Waals surface area (Å²) in [7, 11) is 0. The Morgan fingerprint density at radius 3 is 1.62 bits per heavy atom. The van der Waals surface area contributed by atoms with Crippen LogP contribution in [0, 0.1) is 46.3 Å². The van der Waals surface area contributed by atoms with Gasteiger partial charge in [-0.1, -0.05) is 27.7 Å². The highest BCUT2D eigenvalue weighted by atomic mass is 35.5. The number of hydrogen-bond acceptors (Lipinski definition) is 4. The highest BCUT2D eigenvalue weighted by Gasteiger charge is 2.53. The van der Waals surface area contributed by atoms with E-state index in [2.05, 4.69) is 37.9 Å². The van der Waals surface area contributed by atoms with Crippen LogP contribution in [-0.4, -0.2) is 50.2 Å². The van der Waals surface area contributed by atoms with Gasteiger partial charge >= 0.3 is 0 Å². The molecule has 4 aliphatic rings. The molecule has 0 heterocycles. The Balaban J connectivity index is 0.00000324. The number of nitrogens with one attached hydrogen (secondary N) is 1.